The number of urea groups is 1. The highest BCUT2D eigenvalue weighted by Crippen LogP contribution is 2.22. The number of piperidine rings is 1. The van der Waals surface area contributed by atoms with Crippen molar-refractivity contribution in [3.05, 3.63) is 42.2 Å². The number of para-hydroxylation sites is 1. The summed E-state index contributed by atoms with van der Waals surface area (Å²) in [4.78, 5) is 23.0. The second-order valence-electron chi connectivity index (χ2n) is 6.52. The number of carbonyl (C=O) groups is 1. The lowest BCUT2D eigenvalue weighted by atomic mass is 9.99. The van der Waals surface area contributed by atoms with Gasteiger partial charge >= 0.3 is 6.03 Å². The van der Waals surface area contributed by atoms with Gasteiger partial charge in [0.2, 0.25) is 0 Å². The Bertz CT molecular complexity index is 725. The molecule has 25 heavy (non-hydrogen) atoms. The van der Waals surface area contributed by atoms with Crippen molar-refractivity contribution in [1.29, 1.82) is 0 Å². The number of rotatable bonds is 4. The number of nitrogens with one attached hydrogen (secondary N) is 2. The van der Waals surface area contributed by atoms with E-state index in [1.54, 1.807) is 0 Å². The number of aryl methyl sites for hydroxylation is 1. The average Bonchev–Trinajstić information content (AvgIpc) is 2.63. The maximum atomic E-state index is 12.3. The molecule has 0 aliphatic carbocycles. The fraction of sp³-hybridized carbons (Fsp3) is 0.421. The van der Waals surface area contributed by atoms with Gasteiger partial charge in [0, 0.05) is 24.8 Å². The molecule has 6 heteroatoms. The summed E-state index contributed by atoms with van der Waals surface area (Å²) in [5.41, 5.74) is 1.92. The number of anilines is 3. The van der Waals surface area contributed by atoms with E-state index in [2.05, 4.69) is 39.3 Å². The Hall–Kier alpha value is -2.63. The number of hydrogen-bond donors (Lipinski definition) is 2. The summed E-state index contributed by atoms with van der Waals surface area (Å²) in [6, 6.07) is 9.33. The molecule has 1 aromatic heterocycles. The number of hydrogen-bond acceptors (Lipinski definition) is 4. The summed E-state index contributed by atoms with van der Waals surface area (Å²) in [6.45, 7) is 6.33. The Morgan fingerprint density at radius 1 is 1.20 bits per heavy atom. The van der Waals surface area contributed by atoms with Crippen molar-refractivity contribution in [2.75, 3.05) is 28.6 Å². The quantitative estimate of drug-likeness (QED) is 0.886. The van der Waals surface area contributed by atoms with Crippen molar-refractivity contribution < 1.29 is 4.79 Å². The first kappa shape index (κ1) is 17.2. The molecule has 132 valence electrons. The molecule has 6 nitrogen and oxygen atoms in total. The number of aromatic nitrogens is 2. The van der Waals surface area contributed by atoms with E-state index in [9.17, 15) is 4.79 Å². The van der Waals surface area contributed by atoms with Gasteiger partial charge in [-0.25, -0.2) is 14.8 Å². The first-order valence-corrected chi connectivity index (χ1v) is 8.88. The summed E-state index contributed by atoms with van der Waals surface area (Å²) >= 11 is 0. The van der Waals surface area contributed by atoms with Crippen molar-refractivity contribution in [2.45, 2.75) is 33.1 Å². The second kappa shape index (κ2) is 7.96. The highest BCUT2D eigenvalue weighted by atomic mass is 16.2. The summed E-state index contributed by atoms with van der Waals surface area (Å²) in [5.74, 6) is 2.14. The minimum absolute atomic E-state index is 0.294. The van der Waals surface area contributed by atoms with Crippen LogP contribution < -0.4 is 15.5 Å². The van der Waals surface area contributed by atoms with Crippen molar-refractivity contribution in [1.82, 2.24) is 9.97 Å². The van der Waals surface area contributed by atoms with Crippen LogP contribution in [0, 0.1) is 5.92 Å². The first-order chi connectivity index (χ1) is 12.2. The van der Waals surface area contributed by atoms with Crippen molar-refractivity contribution in [3.63, 3.8) is 0 Å². The zero-order valence-electron chi connectivity index (χ0n) is 14.8. The molecule has 3 rings (SSSR count). The molecule has 1 aromatic carbocycles. The molecular formula is C19H25N5O. The maximum absolute atomic E-state index is 12.3. The van der Waals surface area contributed by atoms with E-state index >= 15 is 0 Å². The lowest BCUT2D eigenvalue weighted by Crippen LogP contribution is -2.33. The number of amides is 2. The molecule has 0 unspecified atom stereocenters. The van der Waals surface area contributed by atoms with E-state index in [4.69, 9.17) is 0 Å². The zero-order valence-corrected chi connectivity index (χ0v) is 14.8. The lowest BCUT2D eigenvalue weighted by molar-refractivity contribution is 0.262. The average molecular weight is 339 g/mol. The standard InChI is InChI=1S/C19H25N5O/c1-3-15-6-4-5-7-16(15)22-19(25)23-17-12-18(21-13-20-17)24-10-8-14(2)9-11-24/h4-7,12-14H,3,8-11H2,1-2H3,(H2,20,21,22,23,25). The highest BCUT2D eigenvalue weighted by molar-refractivity contribution is 5.99. The maximum Gasteiger partial charge on any atom is 0.324 e. The largest absolute Gasteiger partial charge is 0.356 e. The molecule has 2 aromatic rings. The molecule has 0 saturated carbocycles. The predicted octanol–water partition coefficient (Wildman–Crippen LogP) is 3.92. The number of carbonyl (C=O) groups excluding carboxylic acids is 1. The van der Waals surface area contributed by atoms with E-state index in [0.717, 1.165) is 42.5 Å². The minimum Gasteiger partial charge on any atom is -0.356 e. The molecule has 1 saturated heterocycles. The van der Waals surface area contributed by atoms with Crippen LogP contribution in [0.2, 0.25) is 0 Å². The van der Waals surface area contributed by atoms with E-state index in [0.29, 0.717) is 5.82 Å². The molecule has 2 heterocycles. The van der Waals surface area contributed by atoms with Crippen molar-refractivity contribution >= 4 is 23.4 Å². The topological polar surface area (TPSA) is 70.2 Å². The Kier molecular flexibility index (Phi) is 5.48. The Labute approximate surface area is 148 Å². The van der Waals surface area contributed by atoms with Gasteiger partial charge in [-0.3, -0.25) is 5.32 Å². The van der Waals surface area contributed by atoms with Gasteiger partial charge in [0.1, 0.15) is 18.0 Å². The molecular weight excluding hydrogens is 314 g/mol. The third kappa shape index (κ3) is 4.47. The molecule has 2 N–H and O–H groups in total. The van der Waals surface area contributed by atoms with E-state index in [1.807, 2.05) is 30.3 Å². The monoisotopic (exact) mass is 339 g/mol. The van der Waals surface area contributed by atoms with E-state index in [1.165, 1.54) is 19.2 Å². The normalized spacial score (nSPS) is 15.0. The van der Waals surface area contributed by atoms with E-state index in [-0.39, 0.29) is 6.03 Å². The van der Waals surface area contributed by atoms with Gasteiger partial charge in [0.05, 0.1) is 0 Å². The van der Waals surface area contributed by atoms with Gasteiger partial charge in [-0.05, 0) is 36.8 Å². The SMILES string of the molecule is CCc1ccccc1NC(=O)Nc1cc(N2CCC(C)CC2)ncn1. The van der Waals surface area contributed by atoms with Crippen LogP contribution in [0.1, 0.15) is 32.3 Å². The molecule has 1 fully saturated rings. The van der Waals surface area contributed by atoms with E-state index < -0.39 is 0 Å². The Morgan fingerprint density at radius 3 is 2.72 bits per heavy atom. The molecule has 0 bridgehead atoms. The van der Waals surface area contributed by atoms with Crippen LogP contribution in [0.25, 0.3) is 0 Å². The lowest BCUT2D eigenvalue weighted by Gasteiger charge is -2.31. The van der Waals surface area contributed by atoms with Crippen LogP contribution >= 0.6 is 0 Å². The third-order valence-electron chi connectivity index (χ3n) is 4.65. The number of nitrogens with zero attached hydrogens (tertiary/aromatic N) is 3. The van der Waals surface area contributed by atoms with Gasteiger partial charge in [-0.1, -0.05) is 32.0 Å². The van der Waals surface area contributed by atoms with Crippen LogP contribution in [0.5, 0.6) is 0 Å². The van der Waals surface area contributed by atoms with Crippen LogP contribution in [-0.2, 0) is 6.42 Å². The van der Waals surface area contributed by atoms with Gasteiger partial charge < -0.3 is 10.2 Å². The minimum atomic E-state index is -0.294. The molecule has 1 aliphatic rings. The summed E-state index contributed by atoms with van der Waals surface area (Å²) in [5, 5.41) is 5.69. The first-order valence-electron chi connectivity index (χ1n) is 8.88. The van der Waals surface area contributed by atoms with Crippen LogP contribution in [0.3, 0.4) is 0 Å². The zero-order chi connectivity index (χ0) is 17.6. The van der Waals surface area contributed by atoms with Gasteiger partial charge in [-0.15, -0.1) is 0 Å². The Morgan fingerprint density at radius 2 is 1.96 bits per heavy atom. The fourth-order valence-corrected chi connectivity index (χ4v) is 3.05. The second-order valence-corrected chi connectivity index (χ2v) is 6.52. The summed E-state index contributed by atoms with van der Waals surface area (Å²) in [7, 11) is 0. The summed E-state index contributed by atoms with van der Waals surface area (Å²) < 4.78 is 0. The van der Waals surface area contributed by atoms with Crippen molar-refractivity contribution in [2.24, 2.45) is 5.92 Å². The molecule has 0 atom stereocenters. The van der Waals surface area contributed by atoms with Crippen molar-refractivity contribution in [3.8, 4) is 0 Å². The third-order valence-corrected chi connectivity index (χ3v) is 4.65. The smallest absolute Gasteiger partial charge is 0.324 e. The van der Waals surface area contributed by atoms with Gasteiger partial charge in [-0.2, -0.15) is 0 Å². The van der Waals surface area contributed by atoms with Crippen LogP contribution in [-0.4, -0.2) is 29.1 Å². The molecule has 1 aliphatic heterocycles. The van der Waals surface area contributed by atoms with Gasteiger partial charge in [0.25, 0.3) is 0 Å². The Balaban J connectivity index is 1.64. The van der Waals surface area contributed by atoms with Gasteiger partial charge in [0.15, 0.2) is 0 Å². The number of benzene rings is 1. The molecule has 0 spiro atoms. The molecule has 2 amide bonds. The highest BCUT2D eigenvalue weighted by Gasteiger charge is 2.17. The molecule has 0 radical (unpaired) electrons. The fourth-order valence-electron chi connectivity index (χ4n) is 3.05. The summed E-state index contributed by atoms with van der Waals surface area (Å²) in [6.07, 6.45) is 4.70. The van der Waals surface area contributed by atoms with Crippen LogP contribution in [0.15, 0.2) is 36.7 Å². The predicted molar refractivity (Wildman–Crippen MR) is 101 cm³/mol. The van der Waals surface area contributed by atoms with Crippen LogP contribution in [0.4, 0.5) is 22.1 Å².